The van der Waals surface area contributed by atoms with Gasteiger partial charge in [0.1, 0.15) is 5.58 Å². The average Bonchev–Trinajstić information content (AvgIpc) is 3.19. The Morgan fingerprint density at radius 3 is 2.63 bits per heavy atom. The number of hydrogen-bond donors (Lipinski definition) is 0. The summed E-state index contributed by atoms with van der Waals surface area (Å²) in [4.78, 5) is 25.4. The van der Waals surface area contributed by atoms with E-state index in [-0.39, 0.29) is 17.3 Å². The molecule has 0 fully saturated rings. The van der Waals surface area contributed by atoms with Gasteiger partial charge in [0.05, 0.1) is 16.7 Å². The number of ether oxygens (including phenoxy) is 1. The lowest BCUT2D eigenvalue weighted by molar-refractivity contribution is 0.0698. The van der Waals surface area contributed by atoms with Crippen molar-refractivity contribution in [3.05, 3.63) is 87.4 Å². The number of rotatable bonds is 3. The molecule has 0 saturated heterocycles. The first-order valence-corrected chi connectivity index (χ1v) is 8.50. The second-order valence-corrected chi connectivity index (χ2v) is 6.34. The van der Waals surface area contributed by atoms with Gasteiger partial charge in [0.15, 0.2) is 5.76 Å². The Hall–Kier alpha value is -3.31. The number of carbonyl (C=O) groups excluding carboxylic acids is 1. The summed E-state index contributed by atoms with van der Waals surface area (Å²) in [5, 5.41) is 0.668. The molecule has 5 nitrogen and oxygen atoms in total. The third kappa shape index (κ3) is 3.13. The Bertz CT molecular complexity index is 1210. The van der Waals surface area contributed by atoms with Crippen molar-refractivity contribution in [2.75, 3.05) is 0 Å². The van der Waals surface area contributed by atoms with E-state index in [1.807, 2.05) is 6.92 Å². The van der Waals surface area contributed by atoms with Crippen molar-refractivity contribution in [1.82, 2.24) is 0 Å². The molecular formula is C21H13ClO5. The van der Waals surface area contributed by atoms with E-state index in [0.717, 1.165) is 5.56 Å². The number of carbonyl (C=O) groups is 1. The highest BCUT2D eigenvalue weighted by Crippen LogP contribution is 2.35. The van der Waals surface area contributed by atoms with E-state index < -0.39 is 11.4 Å². The van der Waals surface area contributed by atoms with E-state index >= 15 is 0 Å². The molecule has 0 aliphatic rings. The normalized spacial score (nSPS) is 10.9. The summed E-state index contributed by atoms with van der Waals surface area (Å²) >= 11 is 6.28. The van der Waals surface area contributed by atoms with Gasteiger partial charge in [0.2, 0.25) is 16.9 Å². The number of hydrogen-bond acceptors (Lipinski definition) is 5. The monoisotopic (exact) mass is 380 g/mol. The summed E-state index contributed by atoms with van der Waals surface area (Å²) in [7, 11) is 0. The molecule has 0 aliphatic heterocycles. The van der Waals surface area contributed by atoms with E-state index in [1.54, 1.807) is 48.5 Å². The lowest BCUT2D eigenvalue weighted by Gasteiger charge is -2.11. The van der Waals surface area contributed by atoms with Gasteiger partial charge >= 0.3 is 5.97 Å². The fourth-order valence-electron chi connectivity index (χ4n) is 2.74. The van der Waals surface area contributed by atoms with Gasteiger partial charge in [-0.15, -0.1) is 0 Å². The van der Waals surface area contributed by atoms with Gasteiger partial charge in [-0.25, -0.2) is 4.79 Å². The molecule has 0 N–H and O–H groups in total. The predicted molar refractivity (Wildman–Crippen MR) is 101 cm³/mol. The fourth-order valence-corrected chi connectivity index (χ4v) is 2.96. The van der Waals surface area contributed by atoms with Crippen LogP contribution in [0.4, 0.5) is 0 Å². The standard InChI is InChI=1S/C21H13ClO5/c1-12-8-9-14-17(11-12)26-19(13-5-2-3-6-15(13)22)20(18(14)23)27-21(24)16-7-4-10-25-16/h2-11H,1H3. The van der Waals surface area contributed by atoms with Crippen molar-refractivity contribution in [2.45, 2.75) is 6.92 Å². The van der Waals surface area contributed by atoms with Crippen LogP contribution >= 0.6 is 11.6 Å². The van der Waals surface area contributed by atoms with Crippen molar-refractivity contribution in [2.24, 2.45) is 0 Å². The number of benzene rings is 2. The van der Waals surface area contributed by atoms with E-state index in [4.69, 9.17) is 25.2 Å². The second kappa shape index (κ2) is 6.78. The molecule has 4 rings (SSSR count). The van der Waals surface area contributed by atoms with E-state index in [1.165, 1.54) is 12.3 Å². The Morgan fingerprint density at radius 1 is 1.07 bits per heavy atom. The maximum Gasteiger partial charge on any atom is 0.379 e. The molecule has 134 valence electrons. The van der Waals surface area contributed by atoms with Crippen LogP contribution in [0.3, 0.4) is 0 Å². The predicted octanol–water partition coefficient (Wildman–Crippen LogP) is 5.23. The van der Waals surface area contributed by atoms with Gasteiger partial charge in [0.25, 0.3) is 0 Å². The van der Waals surface area contributed by atoms with E-state index in [2.05, 4.69) is 0 Å². The molecule has 0 saturated carbocycles. The molecule has 0 aliphatic carbocycles. The summed E-state index contributed by atoms with van der Waals surface area (Å²) in [6.07, 6.45) is 1.34. The highest BCUT2D eigenvalue weighted by Gasteiger charge is 2.23. The molecule has 0 spiro atoms. The summed E-state index contributed by atoms with van der Waals surface area (Å²) in [6.45, 7) is 1.89. The Kier molecular flexibility index (Phi) is 4.30. The molecule has 0 bridgehead atoms. The molecule has 6 heteroatoms. The van der Waals surface area contributed by atoms with Crippen LogP contribution in [0.5, 0.6) is 5.75 Å². The number of aryl methyl sites for hydroxylation is 1. The topological polar surface area (TPSA) is 69.7 Å². The molecule has 2 aromatic heterocycles. The third-order valence-corrected chi connectivity index (χ3v) is 4.37. The first-order chi connectivity index (χ1) is 13.0. The Balaban J connectivity index is 1.97. The van der Waals surface area contributed by atoms with Crippen LogP contribution in [0.1, 0.15) is 16.1 Å². The van der Waals surface area contributed by atoms with Crippen LogP contribution in [-0.2, 0) is 0 Å². The molecular weight excluding hydrogens is 368 g/mol. The van der Waals surface area contributed by atoms with Gasteiger partial charge in [-0.1, -0.05) is 29.8 Å². The largest absolute Gasteiger partial charge is 0.457 e. The zero-order chi connectivity index (χ0) is 19.0. The third-order valence-electron chi connectivity index (χ3n) is 4.04. The van der Waals surface area contributed by atoms with E-state index in [0.29, 0.717) is 21.6 Å². The van der Waals surface area contributed by atoms with Crippen molar-refractivity contribution in [3.8, 4) is 17.1 Å². The van der Waals surface area contributed by atoms with E-state index in [9.17, 15) is 9.59 Å². The van der Waals surface area contributed by atoms with Gasteiger partial charge < -0.3 is 13.6 Å². The summed E-state index contributed by atoms with van der Waals surface area (Å²) in [6, 6.07) is 15.0. The molecule has 4 aromatic rings. The highest BCUT2D eigenvalue weighted by molar-refractivity contribution is 6.33. The Morgan fingerprint density at radius 2 is 1.89 bits per heavy atom. The Labute approximate surface area is 158 Å². The first kappa shape index (κ1) is 17.1. The number of fused-ring (bicyclic) bond motifs is 1. The van der Waals surface area contributed by atoms with Crippen LogP contribution in [0, 0.1) is 6.92 Å². The zero-order valence-electron chi connectivity index (χ0n) is 14.2. The van der Waals surface area contributed by atoms with Gasteiger partial charge in [0, 0.05) is 5.56 Å². The van der Waals surface area contributed by atoms with Gasteiger partial charge in [-0.2, -0.15) is 0 Å². The number of furan rings is 1. The zero-order valence-corrected chi connectivity index (χ0v) is 14.9. The minimum atomic E-state index is -0.799. The molecule has 0 unspecified atom stereocenters. The minimum Gasteiger partial charge on any atom is -0.457 e. The van der Waals surface area contributed by atoms with Crippen molar-refractivity contribution < 1.29 is 18.4 Å². The smallest absolute Gasteiger partial charge is 0.379 e. The summed E-state index contributed by atoms with van der Waals surface area (Å²) in [5.74, 6) is -0.972. The van der Waals surface area contributed by atoms with Crippen molar-refractivity contribution in [1.29, 1.82) is 0 Å². The van der Waals surface area contributed by atoms with Gasteiger partial charge in [-0.05, 0) is 48.9 Å². The van der Waals surface area contributed by atoms with Crippen LogP contribution in [0.15, 0.2) is 74.5 Å². The molecule has 0 radical (unpaired) electrons. The molecule has 0 atom stereocenters. The quantitative estimate of drug-likeness (QED) is 0.455. The number of halogens is 1. The molecule has 0 amide bonds. The summed E-state index contributed by atoms with van der Waals surface area (Å²) in [5.41, 5.74) is 1.29. The maximum atomic E-state index is 13.0. The summed E-state index contributed by atoms with van der Waals surface area (Å²) < 4.78 is 16.4. The SMILES string of the molecule is Cc1ccc2c(=O)c(OC(=O)c3ccco3)c(-c3ccccc3Cl)oc2c1. The molecule has 2 aromatic carbocycles. The maximum absolute atomic E-state index is 13.0. The lowest BCUT2D eigenvalue weighted by atomic mass is 10.1. The molecule has 27 heavy (non-hydrogen) atoms. The lowest BCUT2D eigenvalue weighted by Crippen LogP contribution is -2.16. The average molecular weight is 381 g/mol. The van der Waals surface area contributed by atoms with Crippen LogP contribution in [-0.4, -0.2) is 5.97 Å². The van der Waals surface area contributed by atoms with Crippen LogP contribution < -0.4 is 10.2 Å². The van der Waals surface area contributed by atoms with Crippen molar-refractivity contribution >= 4 is 28.5 Å². The van der Waals surface area contributed by atoms with Gasteiger partial charge in [-0.3, -0.25) is 4.79 Å². The fraction of sp³-hybridized carbons (Fsp3) is 0.0476. The van der Waals surface area contributed by atoms with Crippen LogP contribution in [0.2, 0.25) is 5.02 Å². The van der Waals surface area contributed by atoms with Crippen molar-refractivity contribution in [3.63, 3.8) is 0 Å². The minimum absolute atomic E-state index is 0.0245. The number of esters is 1. The first-order valence-electron chi connectivity index (χ1n) is 8.12. The second-order valence-electron chi connectivity index (χ2n) is 5.94. The van der Waals surface area contributed by atoms with Crippen LogP contribution in [0.25, 0.3) is 22.3 Å². The molecule has 2 heterocycles. The highest BCUT2D eigenvalue weighted by atomic mass is 35.5.